The molecule has 0 aromatic heterocycles. The van der Waals surface area contributed by atoms with Crippen LogP contribution in [0.3, 0.4) is 0 Å². The number of hydrogen-bond acceptors (Lipinski definition) is 0. The lowest BCUT2D eigenvalue weighted by Crippen LogP contribution is -2.50. The summed E-state index contributed by atoms with van der Waals surface area (Å²) in [6.07, 6.45) is 6.76. The van der Waals surface area contributed by atoms with Gasteiger partial charge in [0.05, 0.1) is 26.2 Å². The Balaban J connectivity index is -0.000000414. The SMILES string of the molecule is CCCC[N+](CCC)(CCC)CCC.F[B-](F)(F)F.[H+]. The fourth-order valence-corrected chi connectivity index (χ4v) is 2.59. The predicted molar refractivity (Wildman–Crippen MR) is 76.8 cm³/mol. The zero-order valence-corrected chi connectivity index (χ0v) is 12.9. The molecule has 0 atom stereocenters. The number of unbranched alkanes of at least 4 members (excludes halogenated alkanes) is 1. The number of hydrogen-bond donors (Lipinski definition) is 0. The molecule has 0 saturated carbocycles. The summed E-state index contributed by atoms with van der Waals surface area (Å²) in [5, 5.41) is 0. The van der Waals surface area contributed by atoms with Crippen molar-refractivity contribution in [3.8, 4) is 0 Å². The first-order valence-electron chi connectivity index (χ1n) is 7.47. The quantitative estimate of drug-likeness (QED) is 0.309. The van der Waals surface area contributed by atoms with Gasteiger partial charge in [0, 0.05) is 0 Å². The highest BCUT2D eigenvalue weighted by atomic mass is 19.5. The maximum Gasteiger partial charge on any atom is 1.00 e. The molecule has 0 N–H and O–H groups in total. The van der Waals surface area contributed by atoms with Crippen LogP contribution in [0.5, 0.6) is 0 Å². The molecule has 19 heavy (non-hydrogen) atoms. The van der Waals surface area contributed by atoms with Crippen molar-refractivity contribution in [1.29, 1.82) is 0 Å². The van der Waals surface area contributed by atoms with Gasteiger partial charge in [-0.15, -0.1) is 0 Å². The second kappa shape index (κ2) is 11.6. The molecule has 0 aromatic rings. The molecule has 0 aliphatic carbocycles. The molecule has 0 bridgehead atoms. The first kappa shape index (κ1) is 21.1. The Kier molecular flexibility index (Phi) is 12.8. The van der Waals surface area contributed by atoms with E-state index in [0.29, 0.717) is 0 Å². The van der Waals surface area contributed by atoms with Crippen molar-refractivity contribution in [2.24, 2.45) is 0 Å². The molecule has 1 nitrogen and oxygen atoms in total. The lowest BCUT2D eigenvalue weighted by molar-refractivity contribution is -0.928. The maximum absolute atomic E-state index is 9.75. The van der Waals surface area contributed by atoms with Gasteiger partial charge in [-0.05, 0) is 25.7 Å². The Morgan fingerprint density at radius 1 is 0.684 bits per heavy atom. The monoisotopic (exact) mass is 288 g/mol. The largest absolute Gasteiger partial charge is 1.00 e. The molecule has 0 fully saturated rings. The highest BCUT2D eigenvalue weighted by Crippen LogP contribution is 2.13. The molecule has 0 radical (unpaired) electrons. The minimum absolute atomic E-state index is 0. The van der Waals surface area contributed by atoms with Crippen LogP contribution in [-0.4, -0.2) is 37.9 Å². The van der Waals surface area contributed by atoms with Crippen LogP contribution in [0.15, 0.2) is 0 Å². The van der Waals surface area contributed by atoms with Crippen LogP contribution in [0.4, 0.5) is 17.3 Å². The molecule has 0 aliphatic heterocycles. The number of nitrogens with zero attached hydrogens (tertiary/aromatic N) is 1. The molecule has 0 spiro atoms. The van der Waals surface area contributed by atoms with E-state index in [1.807, 2.05) is 0 Å². The van der Waals surface area contributed by atoms with Crippen molar-refractivity contribution in [2.45, 2.75) is 59.8 Å². The van der Waals surface area contributed by atoms with E-state index in [4.69, 9.17) is 0 Å². The first-order valence-corrected chi connectivity index (χ1v) is 7.47. The summed E-state index contributed by atoms with van der Waals surface area (Å²) in [5.41, 5.74) is 0. The highest BCUT2D eigenvalue weighted by molar-refractivity contribution is 6.50. The third-order valence-electron chi connectivity index (χ3n) is 3.08. The van der Waals surface area contributed by atoms with Gasteiger partial charge < -0.3 is 21.7 Å². The average Bonchev–Trinajstić information content (AvgIpc) is 2.25. The second-order valence-electron chi connectivity index (χ2n) is 5.08. The summed E-state index contributed by atoms with van der Waals surface area (Å²) in [4.78, 5) is 0. The predicted octanol–water partition coefficient (Wildman–Crippen LogP) is 5.25. The topological polar surface area (TPSA) is 0 Å². The number of halogens is 4. The molecule has 6 heteroatoms. The molecule has 0 unspecified atom stereocenters. The van der Waals surface area contributed by atoms with Crippen LogP contribution < -0.4 is 0 Å². The van der Waals surface area contributed by atoms with Gasteiger partial charge >= 0.3 is 8.68 Å². The zero-order valence-electron chi connectivity index (χ0n) is 13.9. The smallest absolute Gasteiger partial charge is 0.418 e. The maximum atomic E-state index is 9.75. The molecule has 118 valence electrons. The molecule has 0 aromatic carbocycles. The minimum atomic E-state index is -6.00. The van der Waals surface area contributed by atoms with Gasteiger partial charge in [0.15, 0.2) is 0 Å². The molecular formula is C13H31BF4N+. The van der Waals surface area contributed by atoms with Gasteiger partial charge in [0.1, 0.15) is 0 Å². The fourth-order valence-electron chi connectivity index (χ4n) is 2.59. The Morgan fingerprint density at radius 2 is 1.00 bits per heavy atom. The van der Waals surface area contributed by atoms with E-state index in [-0.39, 0.29) is 1.43 Å². The third kappa shape index (κ3) is 15.7. The first-order chi connectivity index (χ1) is 8.74. The Bertz CT molecular complexity index is 180. The van der Waals surface area contributed by atoms with E-state index in [2.05, 4.69) is 27.7 Å². The normalized spacial score (nSPS) is 12.0. The molecule has 0 aliphatic rings. The van der Waals surface area contributed by atoms with Gasteiger partial charge in [-0.1, -0.05) is 34.1 Å². The standard InChI is InChI=1S/C13H30N.BF4/c1-5-9-13-14(10-6-2,11-7-3)12-8-4;2-1(3,4)5/h5-13H2,1-4H3;/q+1;-1/p+1. The van der Waals surface area contributed by atoms with Gasteiger partial charge in [-0.3, -0.25) is 0 Å². The van der Waals surface area contributed by atoms with Gasteiger partial charge in [-0.25, -0.2) is 0 Å². The fraction of sp³-hybridized carbons (Fsp3) is 1.00. The summed E-state index contributed by atoms with van der Waals surface area (Å²) in [7, 11) is -6.00. The molecule has 0 heterocycles. The number of quaternary nitrogens is 1. The molecule has 0 saturated heterocycles. The van der Waals surface area contributed by atoms with E-state index in [9.17, 15) is 17.3 Å². The Morgan fingerprint density at radius 3 is 1.21 bits per heavy atom. The molecule has 0 rings (SSSR count). The minimum Gasteiger partial charge on any atom is -0.418 e. The molecular weight excluding hydrogens is 257 g/mol. The summed E-state index contributed by atoms with van der Waals surface area (Å²) >= 11 is 0. The van der Waals surface area contributed by atoms with Crippen LogP contribution in [0.1, 0.15) is 61.2 Å². The Labute approximate surface area is 117 Å². The van der Waals surface area contributed by atoms with Crippen LogP contribution >= 0.6 is 0 Å². The second-order valence-corrected chi connectivity index (χ2v) is 5.08. The van der Waals surface area contributed by atoms with E-state index < -0.39 is 7.25 Å². The van der Waals surface area contributed by atoms with Crippen molar-refractivity contribution in [2.75, 3.05) is 26.2 Å². The van der Waals surface area contributed by atoms with Crippen molar-refractivity contribution < 1.29 is 23.2 Å². The summed E-state index contributed by atoms with van der Waals surface area (Å²) < 4.78 is 40.4. The summed E-state index contributed by atoms with van der Waals surface area (Å²) in [6, 6.07) is 0. The lowest BCUT2D eigenvalue weighted by atomic mass is 10.2. The van der Waals surface area contributed by atoms with Crippen LogP contribution in [0, 0.1) is 0 Å². The van der Waals surface area contributed by atoms with Crippen molar-refractivity contribution >= 4 is 7.25 Å². The van der Waals surface area contributed by atoms with E-state index in [1.54, 1.807) is 0 Å². The third-order valence-corrected chi connectivity index (χ3v) is 3.08. The van der Waals surface area contributed by atoms with Crippen molar-refractivity contribution in [1.82, 2.24) is 0 Å². The molecule has 0 amide bonds. The summed E-state index contributed by atoms with van der Waals surface area (Å²) in [5.74, 6) is 0. The lowest BCUT2D eigenvalue weighted by Gasteiger charge is -2.38. The zero-order chi connectivity index (χ0) is 15.4. The van der Waals surface area contributed by atoms with E-state index in [1.165, 1.54) is 62.8 Å². The van der Waals surface area contributed by atoms with Crippen molar-refractivity contribution in [3.63, 3.8) is 0 Å². The van der Waals surface area contributed by atoms with Crippen LogP contribution in [-0.2, 0) is 0 Å². The van der Waals surface area contributed by atoms with E-state index in [0.717, 1.165) is 0 Å². The number of rotatable bonds is 9. The van der Waals surface area contributed by atoms with E-state index >= 15 is 0 Å². The van der Waals surface area contributed by atoms with Gasteiger partial charge in [0.25, 0.3) is 0 Å². The van der Waals surface area contributed by atoms with Crippen molar-refractivity contribution in [3.05, 3.63) is 0 Å². The van der Waals surface area contributed by atoms with Gasteiger partial charge in [0.2, 0.25) is 0 Å². The average molecular weight is 288 g/mol. The van der Waals surface area contributed by atoms with Crippen LogP contribution in [0.2, 0.25) is 0 Å². The highest BCUT2D eigenvalue weighted by Gasteiger charge is 2.23. The summed E-state index contributed by atoms with van der Waals surface area (Å²) in [6.45, 7) is 14.9. The Hall–Kier alpha value is -0.255. The van der Waals surface area contributed by atoms with Gasteiger partial charge in [-0.2, -0.15) is 0 Å². The van der Waals surface area contributed by atoms with Crippen LogP contribution in [0.25, 0.3) is 0 Å².